The van der Waals surface area contributed by atoms with E-state index in [1.807, 2.05) is 0 Å². The molecule has 0 aliphatic carbocycles. The molecule has 0 spiro atoms. The molecule has 0 aliphatic rings. The van der Waals surface area contributed by atoms with Gasteiger partial charge in [0.2, 0.25) is 0 Å². The van der Waals surface area contributed by atoms with Gasteiger partial charge in [0.1, 0.15) is 0 Å². The molecule has 0 aromatic heterocycles. The van der Waals surface area contributed by atoms with Gasteiger partial charge < -0.3 is 0 Å². The number of hydrogen-bond acceptors (Lipinski definition) is 0. The predicted octanol–water partition coefficient (Wildman–Crippen LogP) is -2.48. The standard InChI is InChI=1S/Bi.Cu.H2SeTe.3H/c;;1-2;;;/h;;1-2H;;;. The van der Waals surface area contributed by atoms with Crippen LogP contribution in [0.25, 0.3) is 0 Å². The van der Waals surface area contributed by atoms with Crippen LogP contribution in [-0.2, 0) is 17.1 Å². The summed E-state index contributed by atoms with van der Waals surface area (Å²) in [6.07, 6.45) is 0. The van der Waals surface area contributed by atoms with Gasteiger partial charge in [0.05, 0.1) is 0 Å². The first-order valence-electron chi connectivity index (χ1n) is 0.200. The molecular weight excluding hydrogens is 479 g/mol. The molecular formula is H5BiCuSeTe. The first-order valence-corrected chi connectivity index (χ1v) is 6.97. The summed E-state index contributed by atoms with van der Waals surface area (Å²) in [5.41, 5.74) is 0. The minimum absolute atomic E-state index is 0. The summed E-state index contributed by atoms with van der Waals surface area (Å²) in [5.74, 6) is 0. The number of rotatable bonds is 0. The molecule has 0 amide bonds. The van der Waals surface area contributed by atoms with Crippen LogP contribution in [-0.4, -0.2) is 59.1 Å². The van der Waals surface area contributed by atoms with E-state index in [0.29, 0.717) is 0 Å². The van der Waals surface area contributed by atoms with Crippen molar-refractivity contribution in [2.24, 2.45) is 0 Å². The molecule has 0 aromatic carbocycles. The van der Waals surface area contributed by atoms with Crippen LogP contribution < -0.4 is 0 Å². The zero-order valence-electron chi connectivity index (χ0n) is 1.90. The van der Waals surface area contributed by atoms with Crippen LogP contribution in [0, 0.1) is 0 Å². The second-order valence-corrected chi connectivity index (χ2v) is 0. The van der Waals surface area contributed by atoms with Crippen molar-refractivity contribution in [1.29, 1.82) is 0 Å². The summed E-state index contributed by atoms with van der Waals surface area (Å²) in [6, 6.07) is 0. The summed E-state index contributed by atoms with van der Waals surface area (Å²) < 4.78 is 0. The van der Waals surface area contributed by atoms with Crippen LogP contribution >= 0.6 is 0 Å². The Hall–Kier alpha value is 2.71. The van der Waals surface area contributed by atoms with Crippen LogP contribution in [0.4, 0.5) is 0 Å². The molecule has 0 atom stereocenters. The van der Waals surface area contributed by atoms with Crippen molar-refractivity contribution in [2.75, 3.05) is 0 Å². The quantitative estimate of drug-likeness (QED) is 0.335. The van der Waals surface area contributed by atoms with Gasteiger partial charge in [-0.25, -0.2) is 0 Å². The van der Waals surface area contributed by atoms with Gasteiger partial charge in [-0.15, -0.1) is 0 Å². The fourth-order valence-corrected chi connectivity index (χ4v) is 0. The normalized spacial score (nSPS) is 1.50. The van der Waals surface area contributed by atoms with E-state index in [2.05, 4.69) is 12.8 Å². The Balaban J connectivity index is -0.00000000500. The molecule has 4 heteroatoms. The summed E-state index contributed by atoms with van der Waals surface area (Å²) in [6.45, 7) is 0. The fourth-order valence-electron chi connectivity index (χ4n) is 0. The summed E-state index contributed by atoms with van der Waals surface area (Å²) in [4.78, 5) is 0. The van der Waals surface area contributed by atoms with E-state index in [1.165, 1.54) is 0 Å². The molecule has 0 bridgehead atoms. The van der Waals surface area contributed by atoms with E-state index in [9.17, 15) is 0 Å². The first-order chi connectivity index (χ1) is 1.00. The first kappa shape index (κ1) is 15.9. The van der Waals surface area contributed by atoms with E-state index in [4.69, 9.17) is 0 Å². The topological polar surface area (TPSA) is 0 Å². The third-order valence-corrected chi connectivity index (χ3v) is 0. The van der Waals surface area contributed by atoms with Gasteiger partial charge in [-0.1, -0.05) is 0 Å². The Morgan fingerprint density at radius 3 is 1.25 bits per heavy atom. The molecule has 0 aromatic rings. The van der Waals surface area contributed by atoms with Crippen LogP contribution in [0.5, 0.6) is 0 Å². The average molecular weight is 484 g/mol. The molecule has 0 fully saturated rings. The van der Waals surface area contributed by atoms with Crippen molar-refractivity contribution < 1.29 is 17.1 Å². The van der Waals surface area contributed by atoms with Crippen LogP contribution in [0.3, 0.4) is 0 Å². The number of hydrogen-bond donors (Lipinski definition) is 0. The summed E-state index contributed by atoms with van der Waals surface area (Å²) >= 11 is 4.05. The van der Waals surface area contributed by atoms with Crippen molar-refractivity contribution in [3.05, 3.63) is 0 Å². The SMILES string of the molecule is [BiH3].[Cu].[SeH][TeH]. The van der Waals surface area contributed by atoms with Gasteiger partial charge >= 0.3 is 59.1 Å². The molecule has 0 N–H and O–H groups in total. The average Bonchev–Trinajstić information content (AvgIpc) is 1.00. The van der Waals surface area contributed by atoms with Gasteiger partial charge in [0.15, 0.2) is 0 Å². The Bertz CT molecular complexity index is 8.00. The van der Waals surface area contributed by atoms with E-state index in [0.717, 1.165) is 0 Å². The van der Waals surface area contributed by atoms with E-state index in [1.54, 1.807) is 20.1 Å². The second kappa shape index (κ2) is 17.2. The molecule has 0 heterocycles. The van der Waals surface area contributed by atoms with Crippen LogP contribution in [0.2, 0.25) is 0 Å². The van der Waals surface area contributed by atoms with E-state index in [-0.39, 0.29) is 43.3 Å². The van der Waals surface area contributed by atoms with Crippen LogP contribution in [0.15, 0.2) is 0 Å². The van der Waals surface area contributed by atoms with Gasteiger partial charge in [-0.05, 0) is 0 Å². The summed E-state index contributed by atoms with van der Waals surface area (Å²) in [5, 5.41) is 0. The minimum atomic E-state index is 0. The van der Waals surface area contributed by atoms with Gasteiger partial charge in [0, 0.05) is 17.1 Å². The van der Waals surface area contributed by atoms with Crippen molar-refractivity contribution in [1.82, 2.24) is 0 Å². The summed E-state index contributed by atoms with van der Waals surface area (Å²) in [7, 11) is 0. The van der Waals surface area contributed by atoms with Gasteiger partial charge in [-0.2, -0.15) is 0 Å². The molecule has 33 valence electrons. The van der Waals surface area contributed by atoms with Crippen LogP contribution in [0.1, 0.15) is 0 Å². The zero-order valence-corrected chi connectivity index (χ0v) is 12.8. The van der Waals surface area contributed by atoms with Gasteiger partial charge in [-0.3, -0.25) is 0 Å². The Morgan fingerprint density at radius 1 is 1.25 bits per heavy atom. The molecule has 0 saturated carbocycles. The Labute approximate surface area is 74.8 Å². The molecule has 0 aliphatic heterocycles. The maximum absolute atomic E-state index is 2.36. The fraction of sp³-hybridized carbons (Fsp3) is 0. The van der Waals surface area contributed by atoms with Gasteiger partial charge in [0.25, 0.3) is 0 Å². The Morgan fingerprint density at radius 2 is 1.25 bits per heavy atom. The van der Waals surface area contributed by atoms with E-state index < -0.39 is 0 Å². The van der Waals surface area contributed by atoms with Crippen molar-refractivity contribution in [3.63, 3.8) is 0 Å². The second-order valence-electron chi connectivity index (χ2n) is 0. The molecule has 0 unspecified atom stereocenters. The monoisotopic (exact) mass is 487 g/mol. The Kier molecular flexibility index (Phi) is 68.5. The zero-order chi connectivity index (χ0) is 2.00. The van der Waals surface area contributed by atoms with E-state index >= 15 is 0 Å². The maximum atomic E-state index is 2.36. The molecule has 1 radical (unpaired) electrons. The molecule has 4 heavy (non-hydrogen) atoms. The third kappa shape index (κ3) is 8.83. The van der Waals surface area contributed by atoms with Crippen molar-refractivity contribution >= 4 is 59.1 Å². The predicted molar refractivity (Wildman–Crippen MR) is 24.2 cm³/mol. The van der Waals surface area contributed by atoms with Crippen molar-refractivity contribution in [2.45, 2.75) is 0 Å². The molecule has 0 nitrogen and oxygen atoms in total. The third-order valence-electron chi connectivity index (χ3n) is 0. The van der Waals surface area contributed by atoms with Crippen molar-refractivity contribution in [3.8, 4) is 0 Å². The molecule has 0 saturated heterocycles. The molecule has 0 rings (SSSR count).